The van der Waals surface area contributed by atoms with E-state index in [2.05, 4.69) is 32.8 Å². The zero-order chi connectivity index (χ0) is 22.0. The van der Waals surface area contributed by atoms with Gasteiger partial charge in [0.15, 0.2) is 0 Å². The highest BCUT2D eigenvalue weighted by Crippen LogP contribution is 2.33. The van der Waals surface area contributed by atoms with E-state index in [4.69, 9.17) is 5.21 Å². The van der Waals surface area contributed by atoms with Crippen molar-refractivity contribution in [3.8, 4) is 0 Å². The Bertz CT molecular complexity index is 1040. The fraction of sp³-hybridized carbons (Fsp3) is 0.417. The van der Waals surface area contributed by atoms with Gasteiger partial charge in [-0.3, -0.25) is 10.0 Å². The van der Waals surface area contributed by atoms with E-state index in [1.807, 2.05) is 32.2 Å². The summed E-state index contributed by atoms with van der Waals surface area (Å²) in [7, 11) is 0. The number of amides is 1. The second-order valence-electron chi connectivity index (χ2n) is 9.08. The summed E-state index contributed by atoms with van der Waals surface area (Å²) in [6.07, 6.45) is 6.12. The van der Waals surface area contributed by atoms with Gasteiger partial charge in [-0.1, -0.05) is 12.1 Å². The fourth-order valence-corrected chi connectivity index (χ4v) is 4.57. The molecule has 0 aliphatic carbocycles. The number of aliphatic hydroxyl groups is 1. The van der Waals surface area contributed by atoms with Gasteiger partial charge in [0.25, 0.3) is 5.91 Å². The maximum Gasteiger partial charge on any atom is 0.274 e. The van der Waals surface area contributed by atoms with Crippen LogP contribution in [0.2, 0.25) is 0 Å². The van der Waals surface area contributed by atoms with Crippen LogP contribution in [0.15, 0.2) is 48.8 Å². The maximum absolute atomic E-state index is 11.5. The number of nitrogens with one attached hydrogen (secondary N) is 1. The molecular formula is C24H30N4O3. The summed E-state index contributed by atoms with van der Waals surface area (Å²) < 4.78 is 2.13. The number of rotatable bonds is 6. The lowest BCUT2D eigenvalue weighted by molar-refractivity contribution is 0.0282. The van der Waals surface area contributed by atoms with Crippen LogP contribution in [0.3, 0.4) is 0 Å². The summed E-state index contributed by atoms with van der Waals surface area (Å²) in [6.45, 7) is 7.08. The number of carbonyl (C=O) groups is 1. The molecule has 7 nitrogen and oxygen atoms in total. The van der Waals surface area contributed by atoms with Crippen molar-refractivity contribution < 1.29 is 15.1 Å². The number of β-amino-alcohol motifs (C(OH)–C–C–N with tert-alkyl or cyclic N) is 1. The van der Waals surface area contributed by atoms with Crippen molar-refractivity contribution >= 4 is 16.9 Å². The van der Waals surface area contributed by atoms with Crippen LogP contribution in [0, 0.1) is 0 Å². The molecule has 0 saturated carbocycles. The molecule has 4 rings (SSSR count). The van der Waals surface area contributed by atoms with E-state index in [9.17, 15) is 9.90 Å². The Morgan fingerprint density at radius 3 is 2.52 bits per heavy atom. The van der Waals surface area contributed by atoms with Gasteiger partial charge in [-0.15, -0.1) is 0 Å². The van der Waals surface area contributed by atoms with Crippen molar-refractivity contribution in [2.24, 2.45) is 0 Å². The molecule has 0 bridgehead atoms. The average molecular weight is 423 g/mol. The molecule has 3 N–H and O–H groups in total. The van der Waals surface area contributed by atoms with Gasteiger partial charge >= 0.3 is 0 Å². The highest BCUT2D eigenvalue weighted by atomic mass is 16.5. The molecule has 31 heavy (non-hydrogen) atoms. The van der Waals surface area contributed by atoms with Gasteiger partial charge < -0.3 is 14.6 Å². The van der Waals surface area contributed by atoms with E-state index in [0.717, 1.165) is 37.1 Å². The second-order valence-corrected chi connectivity index (χ2v) is 9.08. The molecule has 0 spiro atoms. The molecule has 164 valence electrons. The molecule has 3 heterocycles. The summed E-state index contributed by atoms with van der Waals surface area (Å²) in [5, 5.41) is 20.0. The van der Waals surface area contributed by atoms with E-state index in [0.29, 0.717) is 24.6 Å². The fourth-order valence-electron chi connectivity index (χ4n) is 4.57. The van der Waals surface area contributed by atoms with Gasteiger partial charge in [0.05, 0.1) is 5.60 Å². The SMILES string of the molecule is CC(C)(O)CN1CCC(c2ccnc3c2ccn3Cc2ccc(C(=O)NO)cc2)CC1. The first-order valence-corrected chi connectivity index (χ1v) is 10.8. The summed E-state index contributed by atoms with van der Waals surface area (Å²) >= 11 is 0. The standard InChI is InChI=1S/C24H30N4O3/c1-24(2,30)16-27-12-8-18(9-13-27)20-7-11-25-22-21(20)10-14-28(22)15-17-3-5-19(6-4-17)23(29)26-31/h3-7,10-11,14,18,30-31H,8-9,12-13,15-16H2,1-2H3,(H,26,29). The summed E-state index contributed by atoms with van der Waals surface area (Å²) in [5.41, 5.74) is 4.78. The Kier molecular flexibility index (Phi) is 6.09. The third kappa shape index (κ3) is 4.95. The molecule has 2 aromatic heterocycles. The summed E-state index contributed by atoms with van der Waals surface area (Å²) in [4.78, 5) is 18.5. The molecule has 7 heteroatoms. The molecule has 3 aromatic rings. The molecule has 1 aromatic carbocycles. The number of nitrogens with zero attached hydrogens (tertiary/aromatic N) is 3. The Balaban J connectivity index is 1.49. The Hall–Kier alpha value is -2.74. The van der Waals surface area contributed by atoms with Gasteiger partial charge in [0.1, 0.15) is 5.65 Å². The number of likely N-dealkylation sites (tertiary alicyclic amines) is 1. The van der Waals surface area contributed by atoms with Crippen molar-refractivity contribution in [3.63, 3.8) is 0 Å². The molecule has 1 saturated heterocycles. The maximum atomic E-state index is 11.5. The molecule has 0 atom stereocenters. The van der Waals surface area contributed by atoms with Gasteiger partial charge in [0.2, 0.25) is 0 Å². The number of aromatic nitrogens is 2. The normalized spacial score (nSPS) is 16.0. The van der Waals surface area contributed by atoms with Gasteiger partial charge in [-0.05, 0) is 81.1 Å². The minimum atomic E-state index is -0.659. The number of fused-ring (bicyclic) bond motifs is 1. The first-order valence-electron chi connectivity index (χ1n) is 10.8. The second kappa shape index (κ2) is 8.78. The zero-order valence-corrected chi connectivity index (χ0v) is 18.1. The molecule has 1 aliphatic heterocycles. The third-order valence-electron chi connectivity index (χ3n) is 6.00. The van der Waals surface area contributed by atoms with Crippen LogP contribution in [0.5, 0.6) is 0 Å². The highest BCUT2D eigenvalue weighted by molar-refractivity contribution is 5.93. The summed E-state index contributed by atoms with van der Waals surface area (Å²) in [6, 6.07) is 11.5. The van der Waals surface area contributed by atoms with E-state index >= 15 is 0 Å². The molecule has 1 aliphatic rings. The number of hydrogen-bond acceptors (Lipinski definition) is 5. The quantitative estimate of drug-likeness (QED) is 0.419. The van der Waals surface area contributed by atoms with Crippen LogP contribution in [-0.4, -0.2) is 55.9 Å². The van der Waals surface area contributed by atoms with Gasteiger partial charge in [0, 0.05) is 36.4 Å². The van der Waals surface area contributed by atoms with Gasteiger partial charge in [-0.2, -0.15) is 0 Å². The Labute approximate surface area is 182 Å². The van der Waals surface area contributed by atoms with Crippen molar-refractivity contribution in [1.29, 1.82) is 0 Å². The van der Waals surface area contributed by atoms with Crippen molar-refractivity contribution in [2.45, 2.75) is 44.8 Å². The van der Waals surface area contributed by atoms with Gasteiger partial charge in [-0.25, -0.2) is 10.5 Å². The molecule has 1 amide bonds. The van der Waals surface area contributed by atoms with Crippen LogP contribution in [-0.2, 0) is 6.54 Å². The first-order chi connectivity index (χ1) is 14.8. The number of pyridine rings is 1. The predicted octanol–water partition coefficient (Wildman–Crippen LogP) is 3.15. The topological polar surface area (TPSA) is 90.6 Å². The Morgan fingerprint density at radius 1 is 1.16 bits per heavy atom. The predicted molar refractivity (Wildman–Crippen MR) is 119 cm³/mol. The number of hydrogen-bond donors (Lipinski definition) is 3. The average Bonchev–Trinajstić information content (AvgIpc) is 3.16. The van der Waals surface area contributed by atoms with Crippen LogP contribution >= 0.6 is 0 Å². The lowest BCUT2D eigenvalue weighted by atomic mass is 9.88. The minimum Gasteiger partial charge on any atom is -0.389 e. The van der Waals surface area contributed by atoms with Crippen LogP contribution < -0.4 is 5.48 Å². The number of piperidine rings is 1. The number of carbonyl (C=O) groups excluding carboxylic acids is 1. The highest BCUT2D eigenvalue weighted by Gasteiger charge is 2.26. The number of hydroxylamine groups is 1. The lowest BCUT2D eigenvalue weighted by Crippen LogP contribution is -2.42. The summed E-state index contributed by atoms with van der Waals surface area (Å²) in [5.74, 6) is -0.0199. The van der Waals surface area contributed by atoms with Crippen LogP contribution in [0.1, 0.15) is 54.1 Å². The lowest BCUT2D eigenvalue weighted by Gasteiger charge is -2.35. The monoisotopic (exact) mass is 422 g/mol. The minimum absolute atomic E-state index is 0.417. The van der Waals surface area contributed by atoms with E-state index in [1.54, 1.807) is 17.6 Å². The molecule has 1 fully saturated rings. The largest absolute Gasteiger partial charge is 0.389 e. The number of benzene rings is 1. The molecular weight excluding hydrogens is 392 g/mol. The van der Waals surface area contributed by atoms with E-state index in [-0.39, 0.29) is 0 Å². The Morgan fingerprint density at radius 2 is 1.87 bits per heavy atom. The third-order valence-corrected chi connectivity index (χ3v) is 6.00. The van der Waals surface area contributed by atoms with E-state index < -0.39 is 11.5 Å². The van der Waals surface area contributed by atoms with Crippen molar-refractivity contribution in [2.75, 3.05) is 19.6 Å². The van der Waals surface area contributed by atoms with Crippen molar-refractivity contribution in [1.82, 2.24) is 19.9 Å². The zero-order valence-electron chi connectivity index (χ0n) is 18.1. The van der Waals surface area contributed by atoms with Crippen molar-refractivity contribution in [3.05, 3.63) is 65.5 Å². The smallest absolute Gasteiger partial charge is 0.274 e. The molecule has 0 unspecified atom stereocenters. The first kappa shape index (κ1) is 21.5. The molecule has 0 radical (unpaired) electrons. The van der Waals surface area contributed by atoms with E-state index in [1.165, 1.54) is 10.9 Å². The van der Waals surface area contributed by atoms with Crippen LogP contribution in [0.4, 0.5) is 0 Å². The van der Waals surface area contributed by atoms with Crippen LogP contribution in [0.25, 0.3) is 11.0 Å².